The molecule has 2 aliphatic heterocycles. The number of nitrogens with one attached hydrogen (secondary N) is 3. The molecule has 2 aliphatic rings. The molecule has 3 amide bonds. The number of hydrogen-bond donors (Lipinski definition) is 4. The van der Waals surface area contributed by atoms with Crippen molar-refractivity contribution in [1.82, 2.24) is 25.8 Å². The zero-order valence-corrected chi connectivity index (χ0v) is 29.5. The number of rotatable bonds is 16. The lowest BCUT2D eigenvalue weighted by Gasteiger charge is -2.36. The predicted molar refractivity (Wildman–Crippen MR) is 188 cm³/mol. The van der Waals surface area contributed by atoms with Crippen LogP contribution in [-0.2, 0) is 38.6 Å². The van der Waals surface area contributed by atoms with Crippen molar-refractivity contribution in [2.24, 2.45) is 5.92 Å². The van der Waals surface area contributed by atoms with Crippen LogP contribution < -0.4 is 16.0 Å². The van der Waals surface area contributed by atoms with Gasteiger partial charge in [-0.3, -0.25) is 19.4 Å². The number of aliphatic hydroxyl groups is 1. The summed E-state index contributed by atoms with van der Waals surface area (Å²) in [7, 11) is 0. The first-order chi connectivity index (χ1) is 24.5. The van der Waals surface area contributed by atoms with Gasteiger partial charge in [0.15, 0.2) is 0 Å². The molecule has 1 aromatic heterocycles. The van der Waals surface area contributed by atoms with Crippen molar-refractivity contribution in [3.8, 4) is 0 Å². The van der Waals surface area contributed by atoms with Crippen molar-refractivity contribution < 1.29 is 33.0 Å². The maximum atomic E-state index is 14.4. The van der Waals surface area contributed by atoms with Gasteiger partial charge in [-0.1, -0.05) is 56.7 Å². The Morgan fingerprint density at radius 2 is 1.82 bits per heavy atom. The molecule has 0 aliphatic carbocycles. The Bertz CT molecular complexity index is 1610. The van der Waals surface area contributed by atoms with E-state index in [0.717, 1.165) is 17.3 Å². The van der Waals surface area contributed by atoms with E-state index in [2.05, 4.69) is 20.9 Å². The molecule has 0 spiro atoms. The van der Waals surface area contributed by atoms with E-state index in [-0.39, 0.29) is 48.8 Å². The predicted octanol–water partition coefficient (Wildman–Crippen LogP) is 3.85. The molecule has 2 aromatic carbocycles. The Hall–Kier alpha value is -4.26. The largest absolute Gasteiger partial charge is 0.389 e. The fourth-order valence-corrected chi connectivity index (χ4v) is 7.40. The van der Waals surface area contributed by atoms with Crippen LogP contribution in [0.15, 0.2) is 72.9 Å². The molecule has 3 heterocycles. The molecule has 274 valence electrons. The molecule has 10 nitrogen and oxygen atoms in total. The molecule has 5 rings (SSSR count). The highest BCUT2D eigenvalue weighted by Crippen LogP contribution is 2.34. The van der Waals surface area contributed by atoms with Gasteiger partial charge in [-0.2, -0.15) is 0 Å². The Labute approximate surface area is 298 Å². The molecular formula is C39H49F2N5O5. The summed E-state index contributed by atoms with van der Waals surface area (Å²) >= 11 is 0. The fraction of sp³-hybridized carbons (Fsp3) is 0.487. The molecular weight excluding hydrogens is 656 g/mol. The number of hydrogen-bond acceptors (Lipinski definition) is 7. The average Bonchev–Trinajstić information content (AvgIpc) is 3.72. The Morgan fingerprint density at radius 1 is 1.10 bits per heavy atom. The summed E-state index contributed by atoms with van der Waals surface area (Å²) in [5.41, 5.74) is 0.865. The lowest BCUT2D eigenvalue weighted by Crippen LogP contribution is -2.61. The monoisotopic (exact) mass is 705 g/mol. The first-order valence-corrected chi connectivity index (χ1v) is 17.8. The van der Waals surface area contributed by atoms with E-state index in [1.807, 2.05) is 62.4 Å². The second-order valence-corrected chi connectivity index (χ2v) is 13.8. The number of ether oxygens (including phenoxy) is 1. The van der Waals surface area contributed by atoms with E-state index in [0.29, 0.717) is 38.8 Å². The summed E-state index contributed by atoms with van der Waals surface area (Å²) in [6.45, 7) is 6.25. The standard InChI is InChI=1S/C39H49F2N5O5/c1-4-25(2)39(45-26(3)47)15-17-46(38(39)50)35(14-13-27-10-6-5-7-11-27)37(49)44-34(20-28-18-29(40)21-30(41)19-28)36(48)33-22-32(23-43-33)51-24-31-12-8-9-16-42-31/h5-12,16,18-19,21,25,32-36,43,48H,4,13-15,17,20,22-24H2,1-3H3,(H,44,49)(H,45,47)/t25?,32-,33+,34-,35-,36+,39-/m0/s1. The maximum absolute atomic E-state index is 14.4. The van der Waals surface area contributed by atoms with Crippen LogP contribution >= 0.6 is 0 Å². The van der Waals surface area contributed by atoms with Crippen LogP contribution in [0.3, 0.4) is 0 Å². The van der Waals surface area contributed by atoms with Crippen LogP contribution in [0, 0.1) is 17.6 Å². The zero-order valence-electron chi connectivity index (χ0n) is 29.5. The van der Waals surface area contributed by atoms with Gasteiger partial charge in [0, 0.05) is 38.3 Å². The molecule has 12 heteroatoms. The smallest absolute Gasteiger partial charge is 0.249 e. The molecule has 0 bridgehead atoms. The number of nitrogens with zero attached hydrogens (tertiary/aromatic N) is 2. The Balaban J connectivity index is 1.39. The molecule has 2 fully saturated rings. The molecule has 7 atom stereocenters. The highest BCUT2D eigenvalue weighted by atomic mass is 19.1. The van der Waals surface area contributed by atoms with E-state index in [1.54, 1.807) is 11.1 Å². The summed E-state index contributed by atoms with van der Waals surface area (Å²) in [4.78, 5) is 46.9. The molecule has 0 saturated carbocycles. The minimum Gasteiger partial charge on any atom is -0.389 e. The molecule has 51 heavy (non-hydrogen) atoms. The van der Waals surface area contributed by atoms with Gasteiger partial charge < -0.3 is 30.7 Å². The van der Waals surface area contributed by atoms with Crippen molar-refractivity contribution in [2.45, 2.75) is 102 Å². The summed E-state index contributed by atoms with van der Waals surface area (Å²) in [6, 6.07) is 15.9. The SMILES string of the molecule is CCC(C)[C@@]1(NC(C)=O)CCN([C@@H](CCc2ccccc2)C(=O)N[C@@H](Cc2cc(F)cc(F)c2)[C@H](O)[C@H]2C[C@H](OCc3ccccn3)CN2)C1=O. The summed E-state index contributed by atoms with van der Waals surface area (Å²) in [6.07, 6.45) is 2.38. The topological polar surface area (TPSA) is 133 Å². The Kier molecular flexibility index (Phi) is 12.9. The number of carbonyl (C=O) groups is 3. The number of aliphatic hydroxyl groups excluding tert-OH is 1. The van der Waals surface area contributed by atoms with E-state index in [1.165, 1.54) is 19.1 Å². The number of benzene rings is 2. The van der Waals surface area contributed by atoms with Gasteiger partial charge in [-0.05, 0) is 73.4 Å². The molecule has 3 aromatic rings. The lowest BCUT2D eigenvalue weighted by atomic mass is 9.81. The highest BCUT2D eigenvalue weighted by Gasteiger charge is 2.53. The molecule has 4 N–H and O–H groups in total. The lowest BCUT2D eigenvalue weighted by molar-refractivity contribution is -0.144. The van der Waals surface area contributed by atoms with Crippen molar-refractivity contribution in [1.29, 1.82) is 0 Å². The van der Waals surface area contributed by atoms with Gasteiger partial charge in [-0.25, -0.2) is 8.78 Å². The van der Waals surface area contributed by atoms with Crippen LogP contribution in [0.5, 0.6) is 0 Å². The minimum absolute atomic E-state index is 0.0682. The minimum atomic E-state index is -1.17. The second kappa shape index (κ2) is 17.3. The first kappa shape index (κ1) is 38.0. The van der Waals surface area contributed by atoms with Crippen LogP contribution in [0.25, 0.3) is 0 Å². The van der Waals surface area contributed by atoms with Crippen molar-refractivity contribution in [3.05, 3.63) is 101 Å². The van der Waals surface area contributed by atoms with Crippen molar-refractivity contribution in [2.75, 3.05) is 13.1 Å². The number of pyridine rings is 1. The third-order valence-electron chi connectivity index (χ3n) is 10.3. The van der Waals surface area contributed by atoms with Crippen molar-refractivity contribution >= 4 is 17.7 Å². The van der Waals surface area contributed by atoms with Crippen LogP contribution in [-0.4, -0.2) is 81.7 Å². The average molecular weight is 706 g/mol. The summed E-state index contributed by atoms with van der Waals surface area (Å²) in [5, 5.41) is 21.0. The van der Waals surface area contributed by atoms with Crippen LogP contribution in [0.1, 0.15) is 63.3 Å². The molecule has 0 radical (unpaired) electrons. The van der Waals surface area contributed by atoms with Gasteiger partial charge in [-0.15, -0.1) is 0 Å². The van der Waals surface area contributed by atoms with Gasteiger partial charge >= 0.3 is 0 Å². The van der Waals surface area contributed by atoms with Gasteiger partial charge in [0.2, 0.25) is 17.7 Å². The summed E-state index contributed by atoms with van der Waals surface area (Å²) < 4.78 is 34.7. The number of amides is 3. The van der Waals surface area contributed by atoms with Crippen molar-refractivity contribution in [3.63, 3.8) is 0 Å². The third kappa shape index (κ3) is 9.55. The molecule has 2 saturated heterocycles. The first-order valence-electron chi connectivity index (χ1n) is 17.8. The van der Waals surface area contributed by atoms with Crippen LogP contribution in [0.2, 0.25) is 0 Å². The second-order valence-electron chi connectivity index (χ2n) is 13.8. The highest BCUT2D eigenvalue weighted by molar-refractivity contribution is 5.96. The number of likely N-dealkylation sites (tertiary alicyclic amines) is 1. The van der Waals surface area contributed by atoms with E-state index < -0.39 is 47.3 Å². The quantitative estimate of drug-likeness (QED) is 0.178. The molecule has 1 unspecified atom stereocenters. The normalized spacial score (nSPS) is 22.7. The fourth-order valence-electron chi connectivity index (χ4n) is 7.40. The van der Waals surface area contributed by atoms with Crippen LogP contribution in [0.4, 0.5) is 8.78 Å². The number of carbonyl (C=O) groups excluding carboxylic acids is 3. The van der Waals surface area contributed by atoms with E-state index in [4.69, 9.17) is 4.74 Å². The summed E-state index contributed by atoms with van der Waals surface area (Å²) in [5.74, 6) is -2.87. The number of halogens is 2. The maximum Gasteiger partial charge on any atom is 0.249 e. The van der Waals surface area contributed by atoms with E-state index >= 15 is 0 Å². The van der Waals surface area contributed by atoms with Gasteiger partial charge in [0.1, 0.15) is 23.2 Å². The van der Waals surface area contributed by atoms with E-state index in [9.17, 15) is 28.3 Å². The number of aromatic nitrogens is 1. The third-order valence-corrected chi connectivity index (χ3v) is 10.3. The Morgan fingerprint density at radius 3 is 2.49 bits per heavy atom. The zero-order chi connectivity index (χ0) is 36.5. The van der Waals surface area contributed by atoms with Gasteiger partial charge in [0.05, 0.1) is 30.6 Å². The number of aryl methyl sites for hydroxylation is 1. The van der Waals surface area contributed by atoms with Gasteiger partial charge in [0.25, 0.3) is 0 Å².